The van der Waals surface area contributed by atoms with E-state index in [9.17, 15) is 4.79 Å². The van der Waals surface area contributed by atoms with Gasteiger partial charge in [0.05, 0.1) is 18.3 Å². The Bertz CT molecular complexity index is 1120. The Kier molecular flexibility index (Phi) is 4.54. The molecule has 0 atom stereocenters. The molecule has 0 unspecified atom stereocenters. The molecule has 0 spiro atoms. The second-order valence-corrected chi connectivity index (χ2v) is 6.15. The van der Waals surface area contributed by atoms with Gasteiger partial charge in [-0.1, -0.05) is 42.5 Å². The van der Waals surface area contributed by atoms with Crippen molar-refractivity contribution in [2.45, 2.75) is 0 Å². The standard InChI is InChI=1S/C23H18N2O2/c1-27-22-12-5-4-11-21(22)25-23(26)18-9-6-8-16(13-18)19-14-17-7-2-3-10-20(17)24-15-19/h2-15H,1H3,(H,25,26). The van der Waals surface area contributed by atoms with Crippen LogP contribution in [0.5, 0.6) is 5.75 Å². The lowest BCUT2D eigenvalue weighted by Gasteiger charge is -2.11. The minimum atomic E-state index is -0.185. The average Bonchev–Trinajstić information content (AvgIpc) is 2.74. The minimum absolute atomic E-state index is 0.185. The summed E-state index contributed by atoms with van der Waals surface area (Å²) < 4.78 is 5.29. The monoisotopic (exact) mass is 354 g/mol. The van der Waals surface area contributed by atoms with Crippen molar-refractivity contribution in [3.05, 3.63) is 90.6 Å². The number of hydrogen-bond acceptors (Lipinski definition) is 3. The number of pyridine rings is 1. The predicted molar refractivity (Wildman–Crippen MR) is 108 cm³/mol. The summed E-state index contributed by atoms with van der Waals surface area (Å²) >= 11 is 0. The minimum Gasteiger partial charge on any atom is -0.495 e. The molecule has 27 heavy (non-hydrogen) atoms. The molecular weight excluding hydrogens is 336 g/mol. The molecule has 4 rings (SSSR count). The van der Waals surface area contributed by atoms with Crippen molar-refractivity contribution in [3.8, 4) is 16.9 Å². The van der Waals surface area contributed by atoms with Crippen LogP contribution in [0.25, 0.3) is 22.0 Å². The highest BCUT2D eigenvalue weighted by Crippen LogP contribution is 2.26. The normalized spacial score (nSPS) is 10.6. The van der Waals surface area contributed by atoms with Crippen LogP contribution in [0.1, 0.15) is 10.4 Å². The van der Waals surface area contributed by atoms with E-state index in [1.807, 2.05) is 72.9 Å². The fraction of sp³-hybridized carbons (Fsp3) is 0.0435. The molecule has 0 aliphatic rings. The van der Waals surface area contributed by atoms with Gasteiger partial charge in [0, 0.05) is 22.7 Å². The summed E-state index contributed by atoms with van der Waals surface area (Å²) in [7, 11) is 1.58. The lowest BCUT2D eigenvalue weighted by atomic mass is 10.0. The van der Waals surface area contributed by atoms with Gasteiger partial charge in [0.15, 0.2) is 0 Å². The number of hydrogen-bond donors (Lipinski definition) is 1. The van der Waals surface area contributed by atoms with Gasteiger partial charge in [0.2, 0.25) is 0 Å². The molecule has 0 saturated heterocycles. The van der Waals surface area contributed by atoms with Crippen molar-refractivity contribution >= 4 is 22.5 Å². The number of para-hydroxylation sites is 3. The zero-order chi connectivity index (χ0) is 18.6. The van der Waals surface area contributed by atoms with Crippen molar-refractivity contribution in [2.75, 3.05) is 12.4 Å². The van der Waals surface area contributed by atoms with Gasteiger partial charge in [-0.25, -0.2) is 0 Å². The summed E-state index contributed by atoms with van der Waals surface area (Å²) in [6.07, 6.45) is 1.83. The third-order valence-corrected chi connectivity index (χ3v) is 4.40. The largest absolute Gasteiger partial charge is 0.495 e. The number of aromatic nitrogens is 1. The number of amides is 1. The highest BCUT2D eigenvalue weighted by Gasteiger charge is 2.11. The Labute approximate surface area is 157 Å². The van der Waals surface area contributed by atoms with E-state index in [1.165, 1.54) is 0 Å². The first-order valence-electron chi connectivity index (χ1n) is 8.64. The summed E-state index contributed by atoms with van der Waals surface area (Å²) in [6, 6.07) is 24.9. The highest BCUT2D eigenvalue weighted by molar-refractivity contribution is 6.05. The maximum atomic E-state index is 12.7. The van der Waals surface area contributed by atoms with E-state index in [2.05, 4.69) is 16.4 Å². The summed E-state index contributed by atoms with van der Waals surface area (Å²) in [5.74, 6) is 0.441. The molecule has 1 N–H and O–H groups in total. The van der Waals surface area contributed by atoms with Crippen molar-refractivity contribution < 1.29 is 9.53 Å². The van der Waals surface area contributed by atoms with E-state index in [4.69, 9.17) is 4.74 Å². The number of nitrogens with zero attached hydrogens (tertiary/aromatic N) is 1. The lowest BCUT2D eigenvalue weighted by molar-refractivity contribution is 0.102. The molecule has 0 saturated carbocycles. The van der Waals surface area contributed by atoms with Gasteiger partial charge in [-0.2, -0.15) is 0 Å². The van der Waals surface area contributed by atoms with Gasteiger partial charge in [-0.05, 0) is 42.0 Å². The first-order valence-corrected chi connectivity index (χ1v) is 8.64. The number of carbonyl (C=O) groups is 1. The second-order valence-electron chi connectivity index (χ2n) is 6.15. The molecule has 4 nitrogen and oxygen atoms in total. The van der Waals surface area contributed by atoms with E-state index in [0.29, 0.717) is 17.0 Å². The summed E-state index contributed by atoms with van der Waals surface area (Å²) in [5.41, 5.74) is 4.09. The average molecular weight is 354 g/mol. The predicted octanol–water partition coefficient (Wildman–Crippen LogP) is 5.16. The van der Waals surface area contributed by atoms with E-state index < -0.39 is 0 Å². The smallest absolute Gasteiger partial charge is 0.255 e. The molecule has 0 aliphatic heterocycles. The number of rotatable bonds is 4. The SMILES string of the molecule is COc1ccccc1NC(=O)c1cccc(-c2cnc3ccccc3c2)c1. The Morgan fingerprint density at radius 3 is 2.59 bits per heavy atom. The van der Waals surface area contributed by atoms with E-state index in [1.54, 1.807) is 13.2 Å². The third-order valence-electron chi connectivity index (χ3n) is 4.40. The fourth-order valence-electron chi connectivity index (χ4n) is 3.01. The molecule has 1 heterocycles. The molecule has 3 aromatic carbocycles. The third kappa shape index (κ3) is 3.51. The topological polar surface area (TPSA) is 51.2 Å². The van der Waals surface area contributed by atoms with Crippen LogP contribution in [0.15, 0.2) is 85.1 Å². The van der Waals surface area contributed by atoms with Gasteiger partial charge in [0.25, 0.3) is 5.91 Å². The Hall–Kier alpha value is -3.66. The van der Waals surface area contributed by atoms with Crippen molar-refractivity contribution in [2.24, 2.45) is 0 Å². The number of methoxy groups -OCH3 is 1. The number of anilines is 1. The van der Waals surface area contributed by atoms with Gasteiger partial charge in [-0.3, -0.25) is 9.78 Å². The first kappa shape index (κ1) is 16.8. The van der Waals surface area contributed by atoms with Crippen molar-refractivity contribution in [1.29, 1.82) is 0 Å². The molecule has 0 radical (unpaired) electrons. The molecule has 0 bridgehead atoms. The van der Waals surface area contributed by atoms with Gasteiger partial charge < -0.3 is 10.1 Å². The van der Waals surface area contributed by atoms with Crippen LogP contribution in [-0.4, -0.2) is 18.0 Å². The zero-order valence-electron chi connectivity index (χ0n) is 14.8. The summed E-state index contributed by atoms with van der Waals surface area (Å²) in [4.78, 5) is 17.2. The highest BCUT2D eigenvalue weighted by atomic mass is 16.5. The van der Waals surface area contributed by atoms with Gasteiger partial charge >= 0.3 is 0 Å². The van der Waals surface area contributed by atoms with Crippen molar-refractivity contribution in [1.82, 2.24) is 4.98 Å². The zero-order valence-corrected chi connectivity index (χ0v) is 14.8. The second kappa shape index (κ2) is 7.30. The molecule has 0 fully saturated rings. The quantitative estimate of drug-likeness (QED) is 0.550. The number of nitrogens with one attached hydrogen (secondary N) is 1. The van der Waals surface area contributed by atoms with Crippen LogP contribution in [0, 0.1) is 0 Å². The van der Waals surface area contributed by atoms with Crippen molar-refractivity contribution in [3.63, 3.8) is 0 Å². The molecular formula is C23H18N2O2. The van der Waals surface area contributed by atoms with Crippen LogP contribution in [0.3, 0.4) is 0 Å². The van der Waals surface area contributed by atoms with E-state index >= 15 is 0 Å². The van der Waals surface area contributed by atoms with Crippen LogP contribution < -0.4 is 10.1 Å². The van der Waals surface area contributed by atoms with Gasteiger partial charge in [0.1, 0.15) is 5.75 Å². The summed E-state index contributed by atoms with van der Waals surface area (Å²) in [6.45, 7) is 0. The van der Waals surface area contributed by atoms with Gasteiger partial charge in [-0.15, -0.1) is 0 Å². The maximum absolute atomic E-state index is 12.7. The first-order chi connectivity index (χ1) is 13.2. The van der Waals surface area contributed by atoms with Crippen LogP contribution in [0.2, 0.25) is 0 Å². The number of benzene rings is 3. The van der Waals surface area contributed by atoms with E-state index in [-0.39, 0.29) is 5.91 Å². The molecule has 4 heteroatoms. The van der Waals surface area contributed by atoms with E-state index in [0.717, 1.165) is 22.0 Å². The molecule has 132 valence electrons. The number of ether oxygens (including phenoxy) is 1. The molecule has 4 aromatic rings. The lowest BCUT2D eigenvalue weighted by Crippen LogP contribution is -2.12. The fourth-order valence-corrected chi connectivity index (χ4v) is 3.01. The number of carbonyl (C=O) groups excluding carboxylic acids is 1. The molecule has 1 amide bonds. The maximum Gasteiger partial charge on any atom is 0.255 e. The van der Waals surface area contributed by atoms with Crippen LogP contribution >= 0.6 is 0 Å². The molecule has 1 aromatic heterocycles. The Morgan fingerprint density at radius 2 is 1.70 bits per heavy atom. The Balaban J connectivity index is 1.64. The summed E-state index contributed by atoms with van der Waals surface area (Å²) in [5, 5.41) is 3.97. The number of fused-ring (bicyclic) bond motifs is 1. The van der Waals surface area contributed by atoms with Crippen LogP contribution in [0.4, 0.5) is 5.69 Å². The Morgan fingerprint density at radius 1 is 0.889 bits per heavy atom. The van der Waals surface area contributed by atoms with Crippen LogP contribution in [-0.2, 0) is 0 Å². The molecule has 0 aliphatic carbocycles.